The van der Waals surface area contributed by atoms with Crippen molar-refractivity contribution in [3.63, 3.8) is 0 Å². The smallest absolute Gasteiger partial charge is 0.152 e. The number of aromatic nitrogens is 2. The van der Waals surface area contributed by atoms with E-state index in [2.05, 4.69) is 25.9 Å². The molecule has 102 valence electrons. The molecule has 0 fully saturated rings. The molecule has 4 N–H and O–H groups in total. The zero-order valence-electron chi connectivity index (χ0n) is 10.3. The molecule has 0 radical (unpaired) electrons. The molecule has 3 rings (SSSR count). The van der Waals surface area contributed by atoms with Gasteiger partial charge in [-0.3, -0.25) is 0 Å². The van der Waals surface area contributed by atoms with Crippen molar-refractivity contribution in [3.8, 4) is 0 Å². The standard InChI is InChI=1S/C14H11BrFN3O/c15-7-4-9-10(6-19-14(9)18-5-7)13(20)8-2-1-3-11(17)12(8)16/h1-6,13,20H,17H2,(H,18,19). The highest BCUT2D eigenvalue weighted by molar-refractivity contribution is 9.10. The first-order valence-electron chi connectivity index (χ1n) is 5.92. The largest absolute Gasteiger partial charge is 0.396 e. The maximum atomic E-state index is 14.0. The van der Waals surface area contributed by atoms with Gasteiger partial charge in [0, 0.05) is 33.4 Å². The zero-order chi connectivity index (χ0) is 14.3. The lowest BCUT2D eigenvalue weighted by Crippen LogP contribution is -2.04. The van der Waals surface area contributed by atoms with Crippen LogP contribution in [0.4, 0.5) is 10.1 Å². The lowest BCUT2D eigenvalue weighted by atomic mass is 10.0. The second kappa shape index (κ2) is 4.88. The summed E-state index contributed by atoms with van der Waals surface area (Å²) in [4.78, 5) is 7.14. The van der Waals surface area contributed by atoms with Gasteiger partial charge in [-0.15, -0.1) is 0 Å². The Bertz CT molecular complexity index is 787. The van der Waals surface area contributed by atoms with Crippen molar-refractivity contribution in [1.29, 1.82) is 0 Å². The second-order valence-electron chi connectivity index (χ2n) is 4.45. The molecular formula is C14H11BrFN3O. The van der Waals surface area contributed by atoms with Gasteiger partial charge in [0.05, 0.1) is 5.69 Å². The molecule has 0 saturated carbocycles. The number of hydrogen-bond donors (Lipinski definition) is 3. The van der Waals surface area contributed by atoms with E-state index in [1.54, 1.807) is 18.5 Å². The number of halogens is 2. The Labute approximate surface area is 122 Å². The van der Waals surface area contributed by atoms with E-state index in [4.69, 9.17) is 5.73 Å². The summed E-state index contributed by atoms with van der Waals surface area (Å²) in [7, 11) is 0. The molecule has 0 bridgehead atoms. The van der Waals surface area contributed by atoms with Gasteiger partial charge in [-0.05, 0) is 28.1 Å². The molecule has 0 aliphatic rings. The molecule has 0 amide bonds. The van der Waals surface area contributed by atoms with Crippen molar-refractivity contribution < 1.29 is 9.50 Å². The highest BCUT2D eigenvalue weighted by atomic mass is 79.9. The molecule has 4 nitrogen and oxygen atoms in total. The van der Waals surface area contributed by atoms with E-state index in [1.165, 1.54) is 12.1 Å². The summed E-state index contributed by atoms with van der Waals surface area (Å²) in [5, 5.41) is 11.1. The predicted molar refractivity (Wildman–Crippen MR) is 78.7 cm³/mol. The third kappa shape index (κ3) is 2.07. The van der Waals surface area contributed by atoms with Gasteiger partial charge < -0.3 is 15.8 Å². The van der Waals surface area contributed by atoms with Crippen LogP contribution in [0.25, 0.3) is 11.0 Å². The molecule has 0 saturated heterocycles. The number of nitrogens with one attached hydrogen (secondary N) is 1. The highest BCUT2D eigenvalue weighted by Gasteiger charge is 2.20. The molecule has 2 heterocycles. The van der Waals surface area contributed by atoms with Crippen LogP contribution in [0.15, 0.2) is 41.1 Å². The molecule has 1 aromatic carbocycles. The monoisotopic (exact) mass is 335 g/mol. The normalized spacial score (nSPS) is 12.8. The van der Waals surface area contributed by atoms with Gasteiger partial charge in [-0.25, -0.2) is 9.37 Å². The van der Waals surface area contributed by atoms with E-state index in [1.807, 2.05) is 6.07 Å². The number of aliphatic hydroxyl groups excluding tert-OH is 1. The van der Waals surface area contributed by atoms with Crippen LogP contribution in [0.5, 0.6) is 0 Å². The van der Waals surface area contributed by atoms with Crippen LogP contribution in [-0.2, 0) is 0 Å². The van der Waals surface area contributed by atoms with Crippen molar-refractivity contribution in [2.75, 3.05) is 5.73 Å². The van der Waals surface area contributed by atoms with Gasteiger partial charge in [-0.2, -0.15) is 0 Å². The number of nitrogen functional groups attached to an aromatic ring is 1. The fourth-order valence-corrected chi connectivity index (χ4v) is 2.50. The summed E-state index contributed by atoms with van der Waals surface area (Å²) in [5.74, 6) is -0.600. The average molecular weight is 336 g/mol. The average Bonchev–Trinajstić information content (AvgIpc) is 2.84. The Morgan fingerprint density at radius 3 is 2.95 bits per heavy atom. The maximum Gasteiger partial charge on any atom is 0.152 e. The number of pyridine rings is 1. The predicted octanol–water partition coefficient (Wildman–Crippen LogP) is 3.13. The van der Waals surface area contributed by atoms with Crippen LogP contribution >= 0.6 is 15.9 Å². The topological polar surface area (TPSA) is 74.9 Å². The minimum atomic E-state index is -1.11. The molecule has 20 heavy (non-hydrogen) atoms. The molecule has 2 aromatic heterocycles. The number of H-pyrrole nitrogens is 1. The number of nitrogens with two attached hydrogens (primary N) is 1. The Balaban J connectivity index is 2.15. The Kier molecular flexibility index (Phi) is 3.19. The highest BCUT2D eigenvalue weighted by Crippen LogP contribution is 2.32. The van der Waals surface area contributed by atoms with Crippen molar-refractivity contribution in [1.82, 2.24) is 9.97 Å². The van der Waals surface area contributed by atoms with E-state index in [0.717, 1.165) is 9.86 Å². The number of aromatic amines is 1. The van der Waals surface area contributed by atoms with E-state index in [9.17, 15) is 9.50 Å². The number of benzene rings is 1. The van der Waals surface area contributed by atoms with E-state index in [-0.39, 0.29) is 11.3 Å². The molecule has 6 heteroatoms. The number of nitrogens with zero attached hydrogens (tertiary/aromatic N) is 1. The number of hydrogen-bond acceptors (Lipinski definition) is 3. The molecule has 0 aliphatic heterocycles. The van der Waals surface area contributed by atoms with Crippen molar-refractivity contribution >= 4 is 32.7 Å². The van der Waals surface area contributed by atoms with Crippen LogP contribution in [0, 0.1) is 5.82 Å². The van der Waals surface area contributed by atoms with Crippen molar-refractivity contribution in [3.05, 3.63) is 58.1 Å². The third-order valence-corrected chi connectivity index (χ3v) is 3.61. The number of rotatable bonds is 2. The first-order chi connectivity index (χ1) is 9.58. The van der Waals surface area contributed by atoms with Crippen LogP contribution in [-0.4, -0.2) is 15.1 Å². The summed E-state index contributed by atoms with van der Waals surface area (Å²) in [5.41, 5.74) is 6.88. The molecular weight excluding hydrogens is 325 g/mol. The van der Waals surface area contributed by atoms with Crippen LogP contribution in [0.1, 0.15) is 17.2 Å². The minimum Gasteiger partial charge on any atom is -0.396 e. The third-order valence-electron chi connectivity index (χ3n) is 3.18. The lowest BCUT2D eigenvalue weighted by Gasteiger charge is -2.12. The van der Waals surface area contributed by atoms with Crippen LogP contribution in [0.2, 0.25) is 0 Å². The maximum absolute atomic E-state index is 14.0. The van der Waals surface area contributed by atoms with Crippen molar-refractivity contribution in [2.24, 2.45) is 0 Å². The molecule has 0 spiro atoms. The number of aliphatic hydroxyl groups is 1. The van der Waals surface area contributed by atoms with E-state index < -0.39 is 11.9 Å². The molecule has 3 aromatic rings. The quantitative estimate of drug-likeness (QED) is 0.630. The SMILES string of the molecule is Nc1cccc(C(O)c2c[nH]c3ncc(Br)cc23)c1F. The van der Waals surface area contributed by atoms with Crippen LogP contribution in [0.3, 0.4) is 0 Å². The van der Waals surface area contributed by atoms with Gasteiger partial charge >= 0.3 is 0 Å². The Morgan fingerprint density at radius 1 is 1.35 bits per heavy atom. The lowest BCUT2D eigenvalue weighted by molar-refractivity contribution is 0.216. The Morgan fingerprint density at radius 2 is 2.15 bits per heavy atom. The fraction of sp³-hybridized carbons (Fsp3) is 0.0714. The fourth-order valence-electron chi connectivity index (χ4n) is 2.17. The van der Waals surface area contributed by atoms with Gasteiger partial charge in [0.2, 0.25) is 0 Å². The van der Waals surface area contributed by atoms with Crippen molar-refractivity contribution in [2.45, 2.75) is 6.10 Å². The first-order valence-corrected chi connectivity index (χ1v) is 6.71. The van der Waals surface area contributed by atoms with E-state index in [0.29, 0.717) is 11.2 Å². The van der Waals surface area contributed by atoms with Gasteiger partial charge in [-0.1, -0.05) is 12.1 Å². The van der Waals surface area contributed by atoms with E-state index >= 15 is 0 Å². The Hall–Kier alpha value is -1.92. The molecule has 1 unspecified atom stereocenters. The summed E-state index contributed by atoms with van der Waals surface area (Å²) >= 11 is 3.33. The first kappa shape index (κ1) is 13.1. The summed E-state index contributed by atoms with van der Waals surface area (Å²) in [6.07, 6.45) is 2.16. The number of anilines is 1. The van der Waals surface area contributed by atoms with Crippen LogP contribution < -0.4 is 5.73 Å². The van der Waals surface area contributed by atoms with Gasteiger partial charge in [0.1, 0.15) is 11.8 Å². The zero-order valence-corrected chi connectivity index (χ0v) is 11.9. The molecule has 0 aliphatic carbocycles. The second-order valence-corrected chi connectivity index (χ2v) is 5.36. The van der Waals surface area contributed by atoms with Gasteiger partial charge in [0.15, 0.2) is 5.82 Å². The van der Waals surface area contributed by atoms with Gasteiger partial charge in [0.25, 0.3) is 0 Å². The summed E-state index contributed by atoms with van der Waals surface area (Å²) in [6.45, 7) is 0. The summed E-state index contributed by atoms with van der Waals surface area (Å²) < 4.78 is 14.8. The molecule has 1 atom stereocenters. The minimum absolute atomic E-state index is 0.0145. The summed E-state index contributed by atoms with van der Waals surface area (Å²) in [6, 6.07) is 6.40. The number of fused-ring (bicyclic) bond motifs is 1.